The summed E-state index contributed by atoms with van der Waals surface area (Å²) in [5.41, 5.74) is 6.20. The maximum Gasteiger partial charge on any atom is 0.267 e. The van der Waals surface area contributed by atoms with Gasteiger partial charge in [-0.3, -0.25) is 4.79 Å². The molecule has 0 aliphatic carbocycles. The van der Waals surface area contributed by atoms with Crippen molar-refractivity contribution in [1.82, 2.24) is 15.0 Å². The number of anilines is 2. The summed E-state index contributed by atoms with van der Waals surface area (Å²) in [5, 5.41) is 3.08. The first kappa shape index (κ1) is 19.8. The Kier molecular flexibility index (Phi) is 7.02. The topological polar surface area (TPSA) is 93.8 Å². The Balaban J connectivity index is 0.00000144. The van der Waals surface area contributed by atoms with E-state index < -0.39 is 11.7 Å². The van der Waals surface area contributed by atoms with E-state index >= 15 is 0 Å². The van der Waals surface area contributed by atoms with Gasteiger partial charge in [-0.25, -0.2) is 19.3 Å². The van der Waals surface area contributed by atoms with Crippen LogP contribution in [-0.4, -0.2) is 20.9 Å². The highest BCUT2D eigenvalue weighted by Crippen LogP contribution is 2.24. The minimum Gasteiger partial charge on any atom is -0.397 e. The number of aromatic nitrogens is 3. The molecule has 3 N–H and O–H groups in total. The van der Waals surface area contributed by atoms with Crippen LogP contribution in [0.3, 0.4) is 0 Å². The maximum absolute atomic E-state index is 13.2. The third-order valence-corrected chi connectivity index (χ3v) is 3.74. The van der Waals surface area contributed by atoms with Gasteiger partial charge in [0.25, 0.3) is 5.91 Å². The Bertz CT molecular complexity index is 831. The van der Waals surface area contributed by atoms with Gasteiger partial charge in [0, 0.05) is 12.4 Å². The van der Waals surface area contributed by atoms with Crippen molar-refractivity contribution in [3.05, 3.63) is 53.6 Å². The number of thiazole rings is 1. The summed E-state index contributed by atoms with van der Waals surface area (Å²) in [7, 11) is 0. The van der Waals surface area contributed by atoms with E-state index in [4.69, 9.17) is 5.73 Å². The van der Waals surface area contributed by atoms with Crippen molar-refractivity contribution in [2.24, 2.45) is 0 Å². The number of rotatable bonds is 3. The molecule has 0 fully saturated rings. The van der Waals surface area contributed by atoms with Gasteiger partial charge >= 0.3 is 0 Å². The van der Waals surface area contributed by atoms with Gasteiger partial charge in [0.2, 0.25) is 0 Å². The summed E-state index contributed by atoms with van der Waals surface area (Å²) in [4.78, 5) is 24.8. The number of benzene rings is 1. The van der Waals surface area contributed by atoms with Gasteiger partial charge in [0.1, 0.15) is 10.7 Å². The largest absolute Gasteiger partial charge is 0.397 e. The van der Waals surface area contributed by atoms with E-state index in [1.54, 1.807) is 18.5 Å². The van der Waals surface area contributed by atoms with Gasteiger partial charge in [0.05, 0.1) is 17.6 Å². The van der Waals surface area contributed by atoms with Crippen LogP contribution in [0.25, 0.3) is 10.8 Å². The molecule has 6 nitrogen and oxygen atoms in total. The first-order chi connectivity index (χ1) is 10.6. The highest BCUT2D eigenvalue weighted by molar-refractivity contribution is 7.16. The molecule has 3 aromatic rings. The Morgan fingerprint density at radius 3 is 2.58 bits per heavy atom. The normalized spacial score (nSPS) is 9.54. The van der Waals surface area contributed by atoms with E-state index in [0.29, 0.717) is 15.7 Å². The van der Waals surface area contributed by atoms with Gasteiger partial charge in [-0.05, 0) is 24.3 Å². The summed E-state index contributed by atoms with van der Waals surface area (Å²) < 4.78 is 13.2. The fourth-order valence-corrected chi connectivity index (χ4v) is 2.47. The van der Waals surface area contributed by atoms with Crippen molar-refractivity contribution in [2.45, 2.75) is 0 Å². The Hall–Kier alpha value is -2.29. The molecule has 0 radical (unpaired) electrons. The lowest BCUT2D eigenvalue weighted by Gasteiger charge is -2.06. The standard InChI is InChI=1S/C14H10FN5OS.2ClH/c15-8-2-3-9(16)10(6-8)20-13(21)11-7-19-14(22-11)12-17-4-1-5-18-12;;/h1-7H,16H2,(H,20,21);2*1H. The third-order valence-electron chi connectivity index (χ3n) is 2.75. The number of hydrogen-bond acceptors (Lipinski definition) is 6. The molecule has 0 bridgehead atoms. The van der Waals surface area contributed by atoms with E-state index in [0.717, 1.165) is 17.4 Å². The molecule has 24 heavy (non-hydrogen) atoms. The quantitative estimate of drug-likeness (QED) is 0.671. The molecule has 0 unspecified atom stereocenters. The minimum absolute atomic E-state index is 0. The highest BCUT2D eigenvalue weighted by atomic mass is 35.5. The van der Waals surface area contributed by atoms with Crippen LogP contribution in [0.15, 0.2) is 42.9 Å². The van der Waals surface area contributed by atoms with Gasteiger partial charge < -0.3 is 11.1 Å². The van der Waals surface area contributed by atoms with E-state index in [1.165, 1.54) is 18.3 Å². The zero-order valence-electron chi connectivity index (χ0n) is 12.0. The monoisotopic (exact) mass is 387 g/mol. The molecule has 0 spiro atoms. The SMILES string of the molecule is Cl.Cl.Nc1ccc(F)cc1NC(=O)c1cnc(-c2ncccn2)s1. The Labute approximate surface area is 153 Å². The third kappa shape index (κ3) is 4.38. The van der Waals surface area contributed by atoms with Crippen LogP contribution in [0.4, 0.5) is 15.8 Å². The molecule has 1 aromatic carbocycles. The van der Waals surface area contributed by atoms with Crippen LogP contribution >= 0.6 is 36.2 Å². The van der Waals surface area contributed by atoms with Crippen LogP contribution in [-0.2, 0) is 0 Å². The molecular formula is C14H12Cl2FN5OS. The van der Waals surface area contributed by atoms with E-state index in [9.17, 15) is 9.18 Å². The second kappa shape index (κ2) is 8.53. The molecule has 2 heterocycles. The van der Waals surface area contributed by atoms with Gasteiger partial charge in [0.15, 0.2) is 10.8 Å². The van der Waals surface area contributed by atoms with Crippen molar-refractivity contribution in [1.29, 1.82) is 0 Å². The molecule has 10 heteroatoms. The van der Waals surface area contributed by atoms with Crippen molar-refractivity contribution in [2.75, 3.05) is 11.1 Å². The first-order valence-corrected chi connectivity index (χ1v) is 7.05. The number of nitrogens with two attached hydrogens (primary N) is 1. The van der Waals surface area contributed by atoms with E-state index in [2.05, 4.69) is 20.3 Å². The molecule has 0 aliphatic rings. The summed E-state index contributed by atoms with van der Waals surface area (Å²) >= 11 is 1.14. The van der Waals surface area contributed by atoms with Crippen molar-refractivity contribution in [3.63, 3.8) is 0 Å². The fourth-order valence-electron chi connectivity index (χ4n) is 1.71. The molecule has 3 rings (SSSR count). The van der Waals surface area contributed by atoms with Crippen molar-refractivity contribution >= 4 is 53.4 Å². The second-order valence-corrected chi connectivity index (χ2v) is 5.32. The van der Waals surface area contributed by atoms with Crippen LogP contribution in [0.1, 0.15) is 9.67 Å². The zero-order chi connectivity index (χ0) is 15.5. The summed E-state index contributed by atoms with van der Waals surface area (Å²) in [5.74, 6) is -0.457. The first-order valence-electron chi connectivity index (χ1n) is 6.23. The number of nitrogens with one attached hydrogen (secondary N) is 1. The molecule has 0 aliphatic heterocycles. The molecule has 0 saturated carbocycles. The van der Waals surface area contributed by atoms with Gasteiger partial charge in [-0.1, -0.05) is 0 Å². The molecule has 0 atom stereocenters. The Morgan fingerprint density at radius 2 is 1.88 bits per heavy atom. The highest BCUT2D eigenvalue weighted by Gasteiger charge is 2.14. The number of amides is 1. The number of carbonyl (C=O) groups is 1. The number of nitrogen functional groups attached to an aromatic ring is 1. The zero-order valence-corrected chi connectivity index (χ0v) is 14.4. The van der Waals surface area contributed by atoms with Crippen LogP contribution < -0.4 is 11.1 Å². The summed E-state index contributed by atoms with van der Waals surface area (Å²) in [6, 6.07) is 5.47. The molecule has 0 saturated heterocycles. The summed E-state index contributed by atoms with van der Waals surface area (Å²) in [6.07, 6.45) is 4.61. The molecule has 1 amide bonds. The molecule has 126 valence electrons. The smallest absolute Gasteiger partial charge is 0.267 e. The second-order valence-electron chi connectivity index (χ2n) is 4.29. The van der Waals surface area contributed by atoms with Crippen molar-refractivity contribution < 1.29 is 9.18 Å². The summed E-state index contributed by atoms with van der Waals surface area (Å²) in [6.45, 7) is 0. The van der Waals surface area contributed by atoms with Gasteiger partial charge in [-0.2, -0.15) is 0 Å². The number of hydrogen-bond donors (Lipinski definition) is 2. The van der Waals surface area contributed by atoms with Crippen LogP contribution in [0.2, 0.25) is 0 Å². The van der Waals surface area contributed by atoms with Crippen LogP contribution in [0.5, 0.6) is 0 Å². The number of carbonyl (C=O) groups excluding carboxylic acids is 1. The van der Waals surface area contributed by atoms with E-state index in [1.807, 2.05) is 0 Å². The predicted molar refractivity (Wildman–Crippen MR) is 96.4 cm³/mol. The minimum atomic E-state index is -0.479. The lowest BCUT2D eigenvalue weighted by atomic mass is 10.2. The predicted octanol–water partition coefficient (Wildman–Crippen LogP) is 3.42. The van der Waals surface area contributed by atoms with E-state index in [-0.39, 0.29) is 36.2 Å². The average Bonchev–Trinajstić information content (AvgIpc) is 3.02. The lowest BCUT2D eigenvalue weighted by molar-refractivity contribution is 0.103. The van der Waals surface area contributed by atoms with Crippen LogP contribution in [0, 0.1) is 5.82 Å². The fraction of sp³-hybridized carbons (Fsp3) is 0. The molecule has 2 aromatic heterocycles. The maximum atomic E-state index is 13.2. The van der Waals surface area contributed by atoms with Gasteiger partial charge in [-0.15, -0.1) is 36.2 Å². The van der Waals surface area contributed by atoms with Crippen molar-refractivity contribution in [3.8, 4) is 10.8 Å². The number of halogens is 3. The molecular weight excluding hydrogens is 376 g/mol. The Morgan fingerprint density at radius 1 is 1.17 bits per heavy atom. The number of nitrogens with zero attached hydrogens (tertiary/aromatic N) is 3. The lowest BCUT2D eigenvalue weighted by Crippen LogP contribution is -2.11. The average molecular weight is 388 g/mol.